The molecule has 1 aliphatic heterocycles. The third-order valence-corrected chi connectivity index (χ3v) is 10.2. The van der Waals surface area contributed by atoms with Gasteiger partial charge in [-0.25, -0.2) is 9.79 Å². The maximum Gasteiger partial charge on any atom is 0.338 e. The van der Waals surface area contributed by atoms with Crippen LogP contribution in [-0.4, -0.2) is 35.9 Å². The monoisotopic (exact) mass is 719 g/mol. The van der Waals surface area contributed by atoms with Crippen LogP contribution in [0.5, 0.6) is 11.5 Å². The zero-order valence-corrected chi connectivity index (χ0v) is 29.0. The number of ether oxygens (including phenoxy) is 3. The van der Waals surface area contributed by atoms with E-state index in [1.807, 2.05) is 49.4 Å². The van der Waals surface area contributed by atoms with Gasteiger partial charge in [0.2, 0.25) is 0 Å². The van der Waals surface area contributed by atoms with Crippen molar-refractivity contribution in [1.82, 2.24) is 9.13 Å². The first-order chi connectivity index (χ1) is 22.2. The van der Waals surface area contributed by atoms with Gasteiger partial charge in [-0.3, -0.25) is 9.36 Å². The van der Waals surface area contributed by atoms with Crippen molar-refractivity contribution < 1.29 is 19.0 Å². The van der Waals surface area contributed by atoms with Gasteiger partial charge in [0.15, 0.2) is 16.3 Å². The van der Waals surface area contributed by atoms with Crippen LogP contribution in [-0.2, 0) is 16.1 Å². The summed E-state index contributed by atoms with van der Waals surface area (Å²) in [7, 11) is 3.09. The van der Waals surface area contributed by atoms with Crippen molar-refractivity contribution >= 4 is 61.8 Å². The predicted octanol–water partition coefficient (Wildman–Crippen LogP) is 6.54. The molecular weight excluding hydrogens is 690 g/mol. The number of benzene rings is 3. The highest BCUT2D eigenvalue weighted by atomic mass is 79.9. The van der Waals surface area contributed by atoms with Crippen LogP contribution in [0.2, 0.25) is 5.02 Å². The molecule has 1 aliphatic rings. The van der Waals surface area contributed by atoms with E-state index in [0.29, 0.717) is 48.1 Å². The average molecular weight is 721 g/mol. The highest BCUT2D eigenvalue weighted by Gasteiger charge is 2.35. The lowest BCUT2D eigenvalue weighted by atomic mass is 9.95. The van der Waals surface area contributed by atoms with Crippen LogP contribution in [0, 0.1) is 6.92 Å². The molecule has 8 nitrogen and oxygen atoms in total. The number of esters is 1. The molecular formula is C35H31BrClN3O5S. The predicted molar refractivity (Wildman–Crippen MR) is 185 cm³/mol. The van der Waals surface area contributed by atoms with Gasteiger partial charge in [0, 0.05) is 38.2 Å². The Balaban J connectivity index is 1.58. The molecule has 0 spiro atoms. The van der Waals surface area contributed by atoms with Crippen LogP contribution in [0.25, 0.3) is 17.0 Å². The zero-order chi connectivity index (χ0) is 32.7. The number of methoxy groups -OCH3 is 2. The molecule has 3 heterocycles. The Kier molecular flexibility index (Phi) is 8.96. The van der Waals surface area contributed by atoms with Gasteiger partial charge in [0.25, 0.3) is 5.56 Å². The van der Waals surface area contributed by atoms with E-state index in [9.17, 15) is 9.59 Å². The summed E-state index contributed by atoms with van der Waals surface area (Å²) < 4.78 is 21.5. The quantitative estimate of drug-likeness (QED) is 0.170. The normalized spacial score (nSPS) is 14.8. The lowest BCUT2D eigenvalue weighted by Gasteiger charge is -2.26. The van der Waals surface area contributed by atoms with Gasteiger partial charge in [-0.2, -0.15) is 0 Å². The molecule has 0 saturated carbocycles. The van der Waals surface area contributed by atoms with Crippen molar-refractivity contribution in [2.75, 3.05) is 20.8 Å². The number of allylic oxidation sites excluding steroid dienone is 1. The van der Waals surface area contributed by atoms with Crippen LogP contribution in [0.15, 0.2) is 86.2 Å². The third kappa shape index (κ3) is 5.48. The second kappa shape index (κ2) is 12.9. The van der Waals surface area contributed by atoms with Gasteiger partial charge in [0.1, 0.15) is 0 Å². The Morgan fingerprint density at radius 3 is 2.48 bits per heavy atom. The molecule has 11 heteroatoms. The van der Waals surface area contributed by atoms with E-state index in [1.165, 1.54) is 11.3 Å². The number of rotatable bonds is 8. The number of thiazole rings is 1. The molecule has 0 amide bonds. The Morgan fingerprint density at radius 2 is 1.76 bits per heavy atom. The number of carbonyl (C=O) groups is 1. The maximum absolute atomic E-state index is 14.4. The van der Waals surface area contributed by atoms with E-state index in [1.54, 1.807) is 44.8 Å². The zero-order valence-electron chi connectivity index (χ0n) is 25.9. The fourth-order valence-electron chi connectivity index (χ4n) is 5.94. The lowest BCUT2D eigenvalue weighted by molar-refractivity contribution is -0.139. The smallest absolute Gasteiger partial charge is 0.338 e. The topological polar surface area (TPSA) is 84.1 Å². The molecule has 0 fully saturated rings. The second-order valence-corrected chi connectivity index (χ2v) is 13.0. The number of hydrogen-bond acceptors (Lipinski definition) is 7. The van der Waals surface area contributed by atoms with Gasteiger partial charge in [-0.15, -0.1) is 0 Å². The van der Waals surface area contributed by atoms with Gasteiger partial charge in [0.05, 0.1) is 42.7 Å². The van der Waals surface area contributed by atoms with Crippen molar-refractivity contribution in [2.24, 2.45) is 4.99 Å². The summed E-state index contributed by atoms with van der Waals surface area (Å²) in [4.78, 5) is 33.1. The first-order valence-electron chi connectivity index (χ1n) is 14.6. The van der Waals surface area contributed by atoms with E-state index >= 15 is 0 Å². The van der Waals surface area contributed by atoms with Crippen LogP contribution in [0.1, 0.15) is 42.3 Å². The molecule has 0 N–H and O–H groups in total. The summed E-state index contributed by atoms with van der Waals surface area (Å²) in [6, 6.07) is 18.6. The third-order valence-electron chi connectivity index (χ3n) is 8.16. The molecule has 2 aromatic heterocycles. The van der Waals surface area contributed by atoms with E-state index in [0.717, 1.165) is 27.7 Å². The van der Waals surface area contributed by atoms with Gasteiger partial charge < -0.3 is 18.8 Å². The number of carbonyl (C=O) groups excluding carboxylic acids is 1. The standard InChI is InChI=1S/C35H31BrClN3O5S/c1-6-45-34(42)31-19(2)38-35-40(32(31)24-15-28(43-4)29(44-5)17-25(24)36)33(41)30(46-35)16-23-20(3)39(27-14-10-8-12-22(23)27)18-21-11-7-9-13-26(21)37/h7-17,32H,6,18H2,1-5H3/b30-16-/t32-/m1/s1. The number of fused-ring (bicyclic) bond motifs is 2. The summed E-state index contributed by atoms with van der Waals surface area (Å²) in [6.45, 7) is 6.31. The molecule has 46 heavy (non-hydrogen) atoms. The van der Waals surface area contributed by atoms with Crippen molar-refractivity contribution in [3.05, 3.63) is 124 Å². The number of aromatic nitrogens is 2. The highest BCUT2D eigenvalue weighted by Crippen LogP contribution is 2.41. The van der Waals surface area contributed by atoms with Crippen LogP contribution >= 0.6 is 38.9 Å². The molecule has 0 radical (unpaired) electrons. The molecule has 1 atom stereocenters. The van der Waals surface area contributed by atoms with E-state index in [2.05, 4.69) is 32.6 Å². The fraction of sp³-hybridized carbons (Fsp3) is 0.229. The van der Waals surface area contributed by atoms with E-state index < -0.39 is 12.0 Å². The molecule has 6 rings (SSSR count). The Bertz CT molecular complexity index is 2230. The van der Waals surface area contributed by atoms with Crippen molar-refractivity contribution in [1.29, 1.82) is 0 Å². The minimum absolute atomic E-state index is 0.178. The van der Waals surface area contributed by atoms with Crippen molar-refractivity contribution in [3.8, 4) is 11.5 Å². The van der Waals surface area contributed by atoms with Crippen LogP contribution in [0.4, 0.5) is 0 Å². The fourth-order valence-corrected chi connectivity index (χ4v) is 7.70. The van der Waals surface area contributed by atoms with Gasteiger partial charge >= 0.3 is 5.97 Å². The maximum atomic E-state index is 14.4. The molecule has 3 aromatic carbocycles. The summed E-state index contributed by atoms with van der Waals surface area (Å²) >= 11 is 11.5. The largest absolute Gasteiger partial charge is 0.493 e. The Hall–Kier alpha value is -4.12. The first kappa shape index (κ1) is 31.8. The summed E-state index contributed by atoms with van der Waals surface area (Å²) in [5.74, 6) is 0.429. The lowest BCUT2D eigenvalue weighted by Crippen LogP contribution is -2.40. The Morgan fingerprint density at radius 1 is 1.07 bits per heavy atom. The molecule has 0 saturated heterocycles. The Labute approximate surface area is 282 Å². The number of nitrogens with zero attached hydrogens (tertiary/aromatic N) is 3. The summed E-state index contributed by atoms with van der Waals surface area (Å²) in [5, 5.41) is 1.71. The number of para-hydroxylation sites is 1. The summed E-state index contributed by atoms with van der Waals surface area (Å²) in [6.07, 6.45) is 1.93. The van der Waals surface area contributed by atoms with Gasteiger partial charge in [-0.1, -0.05) is 75.3 Å². The van der Waals surface area contributed by atoms with E-state index in [-0.39, 0.29) is 17.7 Å². The molecule has 0 unspecified atom stereocenters. The van der Waals surface area contributed by atoms with Gasteiger partial charge in [-0.05, 0) is 62.2 Å². The molecule has 5 aromatic rings. The van der Waals surface area contributed by atoms with Crippen molar-refractivity contribution in [3.63, 3.8) is 0 Å². The molecule has 0 bridgehead atoms. The summed E-state index contributed by atoms with van der Waals surface area (Å²) in [5.41, 5.74) is 5.08. The van der Waals surface area contributed by atoms with Crippen LogP contribution < -0.4 is 24.4 Å². The SMILES string of the molecule is CCOC(=O)C1=C(C)N=c2s/c(=C\c3c(C)n(Cc4ccccc4Cl)c4ccccc34)c(=O)n2[C@@H]1c1cc(OC)c(OC)cc1Br. The van der Waals surface area contributed by atoms with Crippen molar-refractivity contribution in [2.45, 2.75) is 33.4 Å². The number of hydrogen-bond donors (Lipinski definition) is 0. The molecule has 236 valence electrons. The average Bonchev–Trinajstić information content (AvgIpc) is 3.49. The molecule has 0 aliphatic carbocycles. The number of halogens is 2. The van der Waals surface area contributed by atoms with Crippen LogP contribution in [0.3, 0.4) is 0 Å². The highest BCUT2D eigenvalue weighted by molar-refractivity contribution is 9.10. The first-order valence-corrected chi connectivity index (χ1v) is 16.6. The minimum atomic E-state index is -0.825. The minimum Gasteiger partial charge on any atom is -0.493 e. The van der Waals surface area contributed by atoms with E-state index in [4.69, 9.17) is 30.8 Å². The second-order valence-electron chi connectivity index (χ2n) is 10.7.